The Hall–Kier alpha value is -1.47. The molecule has 0 atom stereocenters. The van der Waals surface area contributed by atoms with Crippen LogP contribution in [0.4, 0.5) is 0 Å². The molecule has 4 heteroatoms. The van der Waals surface area contributed by atoms with Gasteiger partial charge in [-0.2, -0.15) is 17.0 Å². The van der Waals surface area contributed by atoms with E-state index in [0.717, 1.165) is 35.5 Å². The monoisotopic (exact) mass is 275 g/mol. The van der Waals surface area contributed by atoms with Crippen LogP contribution in [-0.2, 0) is 15.3 Å². The number of nitrogens with zero attached hydrogens (tertiary/aromatic N) is 1. The van der Waals surface area contributed by atoms with Gasteiger partial charge in [-0.05, 0) is 35.6 Å². The molecular formula is C15H17NO2S. The van der Waals surface area contributed by atoms with Crippen molar-refractivity contribution in [3.05, 3.63) is 35.4 Å². The van der Waals surface area contributed by atoms with E-state index in [-0.39, 0.29) is 11.4 Å². The maximum atomic E-state index is 11.3. The smallest absolute Gasteiger partial charge is 0.306 e. The summed E-state index contributed by atoms with van der Waals surface area (Å²) in [5, 5.41) is 9.02. The summed E-state index contributed by atoms with van der Waals surface area (Å²) in [6, 6.07) is 9.89. The predicted octanol–water partition coefficient (Wildman–Crippen LogP) is 3.13. The first-order valence-electron chi connectivity index (χ1n) is 6.32. The van der Waals surface area contributed by atoms with E-state index in [4.69, 9.17) is 10.00 Å². The summed E-state index contributed by atoms with van der Waals surface area (Å²) in [5.74, 6) is 1.67. The van der Waals surface area contributed by atoms with Gasteiger partial charge in [0.25, 0.3) is 0 Å². The Morgan fingerprint density at radius 2 is 2.21 bits per heavy atom. The number of thioether (sulfide) groups is 1. The van der Waals surface area contributed by atoms with E-state index in [9.17, 15) is 4.79 Å². The third kappa shape index (κ3) is 3.74. The molecular weight excluding hydrogens is 258 g/mol. The number of methoxy groups -OCH3 is 1. The molecule has 19 heavy (non-hydrogen) atoms. The minimum atomic E-state index is -0.115. The normalized spacial score (nSPS) is 15.6. The molecule has 100 valence electrons. The number of hydrogen-bond donors (Lipinski definition) is 0. The Morgan fingerprint density at radius 3 is 2.84 bits per heavy atom. The van der Waals surface area contributed by atoms with Crippen molar-refractivity contribution in [2.75, 3.05) is 12.9 Å². The fourth-order valence-corrected chi connectivity index (χ4v) is 3.46. The molecule has 0 radical (unpaired) electrons. The molecule has 0 heterocycles. The van der Waals surface area contributed by atoms with Crippen LogP contribution >= 0.6 is 11.8 Å². The maximum absolute atomic E-state index is 11.3. The third-order valence-electron chi connectivity index (χ3n) is 3.51. The van der Waals surface area contributed by atoms with Crippen LogP contribution in [0.2, 0.25) is 0 Å². The summed E-state index contributed by atoms with van der Waals surface area (Å²) in [6.45, 7) is 0. The second-order valence-corrected chi connectivity index (χ2v) is 6.00. The Kier molecular flexibility index (Phi) is 4.49. The molecule has 0 aliphatic heterocycles. The van der Waals surface area contributed by atoms with Crippen LogP contribution in [0.1, 0.15) is 30.4 Å². The average molecular weight is 275 g/mol. The largest absolute Gasteiger partial charge is 0.469 e. The van der Waals surface area contributed by atoms with Gasteiger partial charge in [-0.25, -0.2) is 0 Å². The van der Waals surface area contributed by atoms with Crippen LogP contribution in [0.25, 0.3) is 0 Å². The molecule has 0 aromatic heterocycles. The molecule has 1 aromatic rings. The fourth-order valence-electron chi connectivity index (χ4n) is 2.06. The molecule has 1 aliphatic carbocycles. The number of carbonyl (C=O) groups is 1. The minimum absolute atomic E-state index is 0.115. The van der Waals surface area contributed by atoms with E-state index in [0.29, 0.717) is 6.42 Å². The Bertz CT molecular complexity index is 503. The zero-order chi connectivity index (χ0) is 13.7. The van der Waals surface area contributed by atoms with Crippen molar-refractivity contribution < 1.29 is 9.53 Å². The highest BCUT2D eigenvalue weighted by Crippen LogP contribution is 2.51. The van der Waals surface area contributed by atoms with E-state index in [2.05, 4.69) is 6.07 Å². The van der Waals surface area contributed by atoms with Crippen molar-refractivity contribution in [1.29, 1.82) is 5.26 Å². The maximum Gasteiger partial charge on any atom is 0.306 e. The first-order valence-corrected chi connectivity index (χ1v) is 7.47. The molecule has 1 saturated carbocycles. The molecule has 1 aromatic carbocycles. The van der Waals surface area contributed by atoms with Crippen LogP contribution in [0.15, 0.2) is 24.3 Å². The highest BCUT2D eigenvalue weighted by molar-refractivity contribution is 7.98. The van der Waals surface area contributed by atoms with E-state index in [1.165, 1.54) is 7.11 Å². The predicted molar refractivity (Wildman–Crippen MR) is 75.6 cm³/mol. The van der Waals surface area contributed by atoms with E-state index in [1.54, 1.807) is 11.8 Å². The second-order valence-electron chi connectivity index (χ2n) is 5.01. The molecule has 1 aliphatic rings. The van der Waals surface area contributed by atoms with E-state index < -0.39 is 0 Å². The number of rotatable bonds is 6. The molecule has 0 N–H and O–H groups in total. The Morgan fingerprint density at radius 1 is 1.47 bits per heavy atom. The zero-order valence-corrected chi connectivity index (χ0v) is 11.8. The van der Waals surface area contributed by atoms with Gasteiger partial charge in [0.05, 0.1) is 25.2 Å². The highest BCUT2D eigenvalue weighted by atomic mass is 32.2. The first-order chi connectivity index (χ1) is 9.19. The summed E-state index contributed by atoms with van der Waals surface area (Å²) >= 11 is 1.80. The molecule has 0 spiro atoms. The van der Waals surface area contributed by atoms with Gasteiger partial charge in [-0.3, -0.25) is 4.79 Å². The highest BCUT2D eigenvalue weighted by Gasteiger charge is 2.44. The van der Waals surface area contributed by atoms with Crippen molar-refractivity contribution in [2.24, 2.45) is 5.41 Å². The summed E-state index contributed by atoms with van der Waals surface area (Å²) in [5.41, 5.74) is 1.97. The number of benzene rings is 1. The summed E-state index contributed by atoms with van der Waals surface area (Å²) in [4.78, 5) is 11.3. The van der Waals surface area contributed by atoms with Crippen molar-refractivity contribution in [3.8, 4) is 6.07 Å². The van der Waals surface area contributed by atoms with Crippen molar-refractivity contribution in [2.45, 2.75) is 25.0 Å². The zero-order valence-electron chi connectivity index (χ0n) is 11.0. The molecule has 2 rings (SSSR count). The molecule has 0 bridgehead atoms. The minimum Gasteiger partial charge on any atom is -0.469 e. The van der Waals surface area contributed by atoms with Gasteiger partial charge in [0.1, 0.15) is 0 Å². The van der Waals surface area contributed by atoms with Crippen molar-refractivity contribution in [1.82, 2.24) is 0 Å². The molecule has 0 unspecified atom stereocenters. The number of ether oxygens (including phenoxy) is 1. The van der Waals surface area contributed by atoms with Crippen LogP contribution in [-0.4, -0.2) is 18.8 Å². The van der Waals surface area contributed by atoms with Gasteiger partial charge in [0.15, 0.2) is 0 Å². The lowest BCUT2D eigenvalue weighted by Crippen LogP contribution is -2.13. The van der Waals surface area contributed by atoms with Gasteiger partial charge in [0.2, 0.25) is 0 Å². The summed E-state index contributed by atoms with van der Waals surface area (Å²) in [6.07, 6.45) is 2.74. The summed E-state index contributed by atoms with van der Waals surface area (Å²) in [7, 11) is 1.44. The molecule has 3 nitrogen and oxygen atoms in total. The fraction of sp³-hybridized carbons (Fsp3) is 0.467. The quantitative estimate of drug-likeness (QED) is 0.748. The Balaban J connectivity index is 1.84. The van der Waals surface area contributed by atoms with E-state index >= 15 is 0 Å². The van der Waals surface area contributed by atoms with Crippen LogP contribution in [0, 0.1) is 16.7 Å². The molecule has 0 saturated heterocycles. The van der Waals surface area contributed by atoms with Gasteiger partial charge < -0.3 is 4.74 Å². The van der Waals surface area contributed by atoms with Crippen LogP contribution < -0.4 is 0 Å². The first kappa shape index (κ1) is 14.0. The number of nitriles is 1. The van der Waals surface area contributed by atoms with Gasteiger partial charge in [-0.15, -0.1) is 0 Å². The van der Waals surface area contributed by atoms with E-state index in [1.807, 2.05) is 24.3 Å². The van der Waals surface area contributed by atoms with Gasteiger partial charge in [-0.1, -0.05) is 18.2 Å². The van der Waals surface area contributed by atoms with Gasteiger partial charge >= 0.3 is 5.97 Å². The number of hydrogen-bond acceptors (Lipinski definition) is 4. The lowest BCUT2D eigenvalue weighted by atomic mass is 10.1. The SMILES string of the molecule is COC(=O)CC1(CSCc2ccccc2C#N)CC1. The number of esters is 1. The lowest BCUT2D eigenvalue weighted by molar-refractivity contribution is -0.141. The second kappa shape index (κ2) is 6.12. The van der Waals surface area contributed by atoms with Crippen LogP contribution in [0.5, 0.6) is 0 Å². The van der Waals surface area contributed by atoms with Gasteiger partial charge in [0, 0.05) is 5.75 Å². The summed E-state index contributed by atoms with van der Waals surface area (Å²) < 4.78 is 4.74. The standard InChI is InChI=1S/C15H17NO2S/c1-18-14(17)8-15(6-7-15)11-19-10-13-5-3-2-4-12(13)9-16/h2-5H,6-8,10-11H2,1H3. The topological polar surface area (TPSA) is 50.1 Å². The number of carbonyl (C=O) groups excluding carboxylic acids is 1. The third-order valence-corrected chi connectivity index (χ3v) is 4.84. The average Bonchev–Trinajstić information content (AvgIpc) is 3.19. The van der Waals surface area contributed by atoms with Crippen molar-refractivity contribution in [3.63, 3.8) is 0 Å². The van der Waals surface area contributed by atoms with Crippen molar-refractivity contribution >= 4 is 17.7 Å². The Labute approximate surface area is 118 Å². The molecule has 0 amide bonds. The lowest BCUT2D eigenvalue weighted by Gasteiger charge is -2.13. The molecule has 1 fully saturated rings. The van der Waals surface area contributed by atoms with Crippen LogP contribution in [0.3, 0.4) is 0 Å².